The second kappa shape index (κ2) is 3.43. The van der Waals surface area contributed by atoms with Crippen molar-refractivity contribution in [2.75, 3.05) is 17.5 Å². The summed E-state index contributed by atoms with van der Waals surface area (Å²) in [4.78, 5) is 0. The lowest BCUT2D eigenvalue weighted by atomic mass is 10.3. The highest BCUT2D eigenvalue weighted by atomic mass is 31.0. The molecule has 0 spiro atoms. The van der Waals surface area contributed by atoms with E-state index in [0.29, 0.717) is 0 Å². The van der Waals surface area contributed by atoms with Crippen molar-refractivity contribution in [1.82, 2.24) is 0 Å². The van der Waals surface area contributed by atoms with Crippen LogP contribution in [0.4, 0.5) is 11.4 Å². The van der Waals surface area contributed by atoms with Crippen molar-refractivity contribution in [1.29, 1.82) is 0 Å². The molecule has 1 aromatic rings. The van der Waals surface area contributed by atoms with Gasteiger partial charge < -0.3 is 10.4 Å². The van der Waals surface area contributed by atoms with Crippen molar-refractivity contribution >= 4 is 20.8 Å². The highest BCUT2D eigenvalue weighted by Gasteiger charge is 1.88. The second-order valence-electron chi connectivity index (χ2n) is 1.98. The SMILES string of the molecule is CNc1cccc(NP)c1. The van der Waals surface area contributed by atoms with Crippen molar-refractivity contribution in [2.24, 2.45) is 0 Å². The van der Waals surface area contributed by atoms with Gasteiger partial charge >= 0.3 is 0 Å². The molecule has 2 N–H and O–H groups in total. The predicted molar refractivity (Wildman–Crippen MR) is 49.3 cm³/mol. The fraction of sp³-hybridized carbons (Fsp3) is 0.143. The molecule has 54 valence electrons. The van der Waals surface area contributed by atoms with Crippen molar-refractivity contribution in [3.8, 4) is 0 Å². The smallest absolute Gasteiger partial charge is 0.0389 e. The van der Waals surface area contributed by atoms with E-state index in [1.54, 1.807) is 0 Å². The Labute approximate surface area is 63.3 Å². The fourth-order valence-corrected chi connectivity index (χ4v) is 0.944. The lowest BCUT2D eigenvalue weighted by molar-refractivity contribution is 1.51. The molecule has 0 bridgehead atoms. The minimum Gasteiger partial charge on any atom is -0.388 e. The summed E-state index contributed by atoms with van der Waals surface area (Å²) in [5, 5.41) is 6.03. The number of hydrogen-bond donors (Lipinski definition) is 2. The maximum Gasteiger partial charge on any atom is 0.0389 e. The highest BCUT2D eigenvalue weighted by Crippen LogP contribution is 2.14. The molecular weight excluding hydrogens is 143 g/mol. The molecule has 10 heavy (non-hydrogen) atoms. The Morgan fingerprint density at radius 2 is 2.00 bits per heavy atom. The topological polar surface area (TPSA) is 24.1 Å². The zero-order valence-corrected chi connectivity index (χ0v) is 7.04. The van der Waals surface area contributed by atoms with E-state index in [1.807, 2.05) is 31.3 Å². The Bertz CT molecular complexity index is 193. The molecule has 1 unspecified atom stereocenters. The summed E-state index contributed by atoms with van der Waals surface area (Å²) in [6.07, 6.45) is 0. The van der Waals surface area contributed by atoms with Crippen LogP contribution >= 0.6 is 9.39 Å². The first-order chi connectivity index (χ1) is 4.86. The summed E-state index contributed by atoms with van der Waals surface area (Å²) in [6.45, 7) is 0. The first-order valence-corrected chi connectivity index (χ1v) is 3.69. The molecular formula is C7H11N2P. The molecule has 0 aliphatic heterocycles. The maximum atomic E-state index is 3.05. The van der Waals surface area contributed by atoms with Crippen LogP contribution in [-0.2, 0) is 0 Å². The molecule has 0 saturated heterocycles. The van der Waals surface area contributed by atoms with Gasteiger partial charge in [0, 0.05) is 18.4 Å². The van der Waals surface area contributed by atoms with Crippen LogP contribution in [0, 0.1) is 0 Å². The van der Waals surface area contributed by atoms with E-state index in [1.165, 1.54) is 0 Å². The van der Waals surface area contributed by atoms with Gasteiger partial charge in [0.1, 0.15) is 0 Å². The van der Waals surface area contributed by atoms with Crippen molar-refractivity contribution in [3.63, 3.8) is 0 Å². The minimum atomic E-state index is 1.09. The first-order valence-electron chi connectivity index (χ1n) is 3.11. The third-order valence-electron chi connectivity index (χ3n) is 1.32. The Kier molecular flexibility index (Phi) is 2.52. The van der Waals surface area contributed by atoms with Gasteiger partial charge in [-0.25, -0.2) is 0 Å². The Balaban J connectivity index is 2.87. The average molecular weight is 154 g/mol. The lowest BCUT2D eigenvalue weighted by Gasteiger charge is -2.02. The molecule has 0 saturated carbocycles. The zero-order valence-electron chi connectivity index (χ0n) is 5.89. The normalized spacial score (nSPS) is 9.00. The third kappa shape index (κ3) is 1.61. The van der Waals surface area contributed by atoms with Gasteiger partial charge in [0.25, 0.3) is 0 Å². The fourth-order valence-electron chi connectivity index (χ4n) is 0.764. The quantitative estimate of drug-likeness (QED) is 0.636. The second-order valence-corrected chi connectivity index (χ2v) is 2.26. The molecule has 0 heterocycles. The van der Waals surface area contributed by atoms with Gasteiger partial charge in [-0.15, -0.1) is 0 Å². The molecule has 3 heteroatoms. The first kappa shape index (κ1) is 7.36. The molecule has 0 aromatic heterocycles. The number of hydrogen-bond acceptors (Lipinski definition) is 2. The Hall–Kier alpha value is -0.750. The average Bonchev–Trinajstić information content (AvgIpc) is 2.05. The summed E-state index contributed by atoms with van der Waals surface area (Å²) in [7, 11) is 4.36. The molecule has 1 aromatic carbocycles. The molecule has 0 fully saturated rings. The standard InChI is InChI=1S/C7H11N2P/c1-8-6-3-2-4-7(5-6)9-10/h2-5,8-9H,10H2,1H3. The van der Waals surface area contributed by atoms with Crippen molar-refractivity contribution in [2.45, 2.75) is 0 Å². The van der Waals surface area contributed by atoms with E-state index in [0.717, 1.165) is 11.4 Å². The maximum absolute atomic E-state index is 3.05. The van der Waals surface area contributed by atoms with Crippen molar-refractivity contribution < 1.29 is 0 Å². The van der Waals surface area contributed by atoms with Crippen LogP contribution in [-0.4, -0.2) is 7.05 Å². The van der Waals surface area contributed by atoms with E-state index in [-0.39, 0.29) is 0 Å². The molecule has 0 aliphatic rings. The Morgan fingerprint density at radius 1 is 1.30 bits per heavy atom. The molecule has 0 amide bonds. The van der Waals surface area contributed by atoms with E-state index in [9.17, 15) is 0 Å². The molecule has 0 radical (unpaired) electrons. The summed E-state index contributed by atoms with van der Waals surface area (Å²) in [6, 6.07) is 8.06. The van der Waals surface area contributed by atoms with Crippen LogP contribution in [0.2, 0.25) is 0 Å². The number of anilines is 2. The Morgan fingerprint density at radius 3 is 2.60 bits per heavy atom. The van der Waals surface area contributed by atoms with Gasteiger partial charge in [0.15, 0.2) is 0 Å². The van der Waals surface area contributed by atoms with Crippen LogP contribution in [0.5, 0.6) is 0 Å². The largest absolute Gasteiger partial charge is 0.388 e. The third-order valence-corrected chi connectivity index (χ3v) is 1.65. The minimum absolute atomic E-state index is 1.09. The van der Waals surface area contributed by atoms with Gasteiger partial charge in [0.05, 0.1) is 0 Å². The van der Waals surface area contributed by atoms with Gasteiger partial charge in [-0.05, 0) is 27.6 Å². The van der Waals surface area contributed by atoms with Gasteiger partial charge in [-0.2, -0.15) is 0 Å². The molecule has 2 nitrogen and oxygen atoms in total. The zero-order chi connectivity index (χ0) is 7.40. The summed E-state index contributed by atoms with van der Waals surface area (Å²) >= 11 is 0. The summed E-state index contributed by atoms with van der Waals surface area (Å²) < 4.78 is 0. The van der Waals surface area contributed by atoms with Gasteiger partial charge in [-0.3, -0.25) is 0 Å². The van der Waals surface area contributed by atoms with Gasteiger partial charge in [0.2, 0.25) is 0 Å². The van der Waals surface area contributed by atoms with Crippen molar-refractivity contribution in [3.05, 3.63) is 24.3 Å². The van der Waals surface area contributed by atoms with E-state index in [4.69, 9.17) is 0 Å². The van der Waals surface area contributed by atoms with Gasteiger partial charge in [-0.1, -0.05) is 6.07 Å². The number of nitrogens with one attached hydrogen (secondary N) is 2. The number of rotatable bonds is 2. The number of benzene rings is 1. The van der Waals surface area contributed by atoms with Crippen LogP contribution in [0.3, 0.4) is 0 Å². The highest BCUT2D eigenvalue weighted by molar-refractivity contribution is 7.18. The predicted octanol–water partition coefficient (Wildman–Crippen LogP) is 1.93. The molecule has 1 rings (SSSR count). The summed E-state index contributed by atoms with van der Waals surface area (Å²) in [5.41, 5.74) is 2.21. The van der Waals surface area contributed by atoms with Crippen LogP contribution < -0.4 is 10.4 Å². The van der Waals surface area contributed by atoms with Crippen LogP contribution in [0.15, 0.2) is 24.3 Å². The van der Waals surface area contributed by atoms with E-state index < -0.39 is 0 Å². The molecule has 1 atom stereocenters. The van der Waals surface area contributed by atoms with E-state index in [2.05, 4.69) is 19.8 Å². The van der Waals surface area contributed by atoms with Crippen LogP contribution in [0.25, 0.3) is 0 Å². The lowest BCUT2D eigenvalue weighted by Crippen LogP contribution is -1.87. The molecule has 0 aliphatic carbocycles. The summed E-state index contributed by atoms with van der Waals surface area (Å²) in [5.74, 6) is 0. The van der Waals surface area contributed by atoms with Crippen LogP contribution in [0.1, 0.15) is 0 Å². The van der Waals surface area contributed by atoms with E-state index >= 15 is 0 Å². The monoisotopic (exact) mass is 154 g/mol.